The number of aromatic nitrogens is 1. The maximum Gasteiger partial charge on any atom is 0.338 e. The number of anilines is 3. The van der Waals surface area contributed by atoms with Gasteiger partial charge in [-0.1, -0.05) is 80.6 Å². The van der Waals surface area contributed by atoms with Crippen LogP contribution in [0.3, 0.4) is 0 Å². The van der Waals surface area contributed by atoms with Crippen LogP contribution in [-0.4, -0.2) is 89.3 Å². The standard InChI is InChI=1S/C57H70N6O7/c1-7-48(8-2)63(37-36-61(6)51(64)32-33-52(65)69-40-43-16-11-9-12-17-43)39-44-18-15-19-46(38-44)54(66)59-49-30-31-50(62-34-13-10-14-35-62)60-53(49)55(67)58-47-28-24-42(25-29-47)21-20-41-22-26-45(27-23-41)56(68)70-57(3,4)5/h9,11-12,15-19,22-31,38,48H,7-8,10,13-14,20-21,32-37,39-40H2,1-6H3,(H,58,67)(H,59,66). The van der Waals surface area contributed by atoms with E-state index in [-0.39, 0.29) is 49.0 Å². The quantitative estimate of drug-likeness (QED) is 0.0642. The van der Waals surface area contributed by atoms with Crippen LogP contribution in [0.2, 0.25) is 0 Å². The van der Waals surface area contributed by atoms with Crippen molar-refractivity contribution in [2.24, 2.45) is 0 Å². The molecular weight excluding hydrogens is 881 g/mol. The highest BCUT2D eigenvalue weighted by Crippen LogP contribution is 2.25. The third kappa shape index (κ3) is 16.1. The fourth-order valence-corrected chi connectivity index (χ4v) is 8.45. The molecule has 0 saturated carbocycles. The molecule has 5 aromatic rings. The highest BCUT2D eigenvalue weighted by Gasteiger charge is 2.23. The molecule has 0 atom stereocenters. The number of likely N-dealkylation sites (N-methyl/N-ethyl adjacent to an activating group) is 1. The minimum atomic E-state index is -0.559. The number of pyridine rings is 1. The molecular formula is C57H70N6O7. The first-order valence-electron chi connectivity index (χ1n) is 24.7. The fraction of sp³-hybridized carbons (Fsp3) is 0.404. The molecule has 13 nitrogen and oxygen atoms in total. The van der Waals surface area contributed by atoms with Crippen LogP contribution in [0.15, 0.2) is 115 Å². The van der Waals surface area contributed by atoms with Crippen LogP contribution >= 0.6 is 0 Å². The van der Waals surface area contributed by atoms with E-state index in [9.17, 15) is 24.0 Å². The van der Waals surface area contributed by atoms with Gasteiger partial charge in [-0.25, -0.2) is 9.78 Å². The van der Waals surface area contributed by atoms with Crippen LogP contribution in [0.5, 0.6) is 0 Å². The maximum absolute atomic E-state index is 14.1. The first-order chi connectivity index (χ1) is 33.7. The predicted octanol–water partition coefficient (Wildman–Crippen LogP) is 10.3. The molecule has 370 valence electrons. The van der Waals surface area contributed by atoms with Gasteiger partial charge in [0, 0.05) is 63.5 Å². The van der Waals surface area contributed by atoms with Gasteiger partial charge in [-0.15, -0.1) is 0 Å². The number of piperidine rings is 1. The molecule has 1 aliphatic rings. The Kier molecular flexibility index (Phi) is 19.3. The van der Waals surface area contributed by atoms with E-state index in [1.807, 2.05) is 112 Å². The molecule has 1 saturated heterocycles. The van der Waals surface area contributed by atoms with Gasteiger partial charge < -0.3 is 29.9 Å². The number of nitrogens with zero attached hydrogens (tertiary/aromatic N) is 4. The number of carbonyl (C=O) groups excluding carboxylic acids is 5. The van der Waals surface area contributed by atoms with E-state index in [2.05, 4.69) is 34.3 Å². The summed E-state index contributed by atoms with van der Waals surface area (Å²) in [7, 11) is 1.76. The summed E-state index contributed by atoms with van der Waals surface area (Å²) >= 11 is 0. The molecule has 0 bridgehead atoms. The second kappa shape index (κ2) is 25.7. The molecule has 1 fully saturated rings. The number of esters is 2. The van der Waals surface area contributed by atoms with Gasteiger partial charge in [0.1, 0.15) is 18.0 Å². The van der Waals surface area contributed by atoms with E-state index in [4.69, 9.17) is 14.5 Å². The lowest BCUT2D eigenvalue weighted by atomic mass is 10.0. The van der Waals surface area contributed by atoms with Crippen LogP contribution in [0.1, 0.15) is 133 Å². The third-order valence-corrected chi connectivity index (χ3v) is 12.5. The smallest absolute Gasteiger partial charge is 0.338 e. The van der Waals surface area contributed by atoms with E-state index in [0.29, 0.717) is 48.0 Å². The van der Waals surface area contributed by atoms with Crippen molar-refractivity contribution in [2.75, 3.05) is 48.8 Å². The average Bonchev–Trinajstić information content (AvgIpc) is 3.36. The predicted molar refractivity (Wildman–Crippen MR) is 276 cm³/mol. The van der Waals surface area contributed by atoms with Crippen molar-refractivity contribution in [2.45, 2.75) is 117 Å². The Bertz CT molecular complexity index is 2510. The highest BCUT2D eigenvalue weighted by atomic mass is 16.6. The lowest BCUT2D eigenvalue weighted by molar-refractivity contribution is -0.147. The third-order valence-electron chi connectivity index (χ3n) is 12.5. The number of benzene rings is 4. The van der Waals surface area contributed by atoms with Crippen LogP contribution in [0.4, 0.5) is 17.2 Å². The molecule has 0 aliphatic carbocycles. The topological polar surface area (TPSA) is 150 Å². The number of hydrogen-bond donors (Lipinski definition) is 2. The summed E-state index contributed by atoms with van der Waals surface area (Å²) in [6.07, 6.45) is 6.67. The largest absolute Gasteiger partial charge is 0.461 e. The molecule has 4 aromatic carbocycles. The highest BCUT2D eigenvalue weighted by molar-refractivity contribution is 6.11. The van der Waals surface area contributed by atoms with Gasteiger partial charge in [-0.05, 0) is 137 Å². The summed E-state index contributed by atoms with van der Waals surface area (Å²) in [6.45, 7) is 13.3. The normalized spacial score (nSPS) is 12.7. The summed E-state index contributed by atoms with van der Waals surface area (Å²) in [5, 5.41) is 6.01. The van der Waals surface area contributed by atoms with E-state index < -0.39 is 17.5 Å². The number of rotatable bonds is 22. The minimum Gasteiger partial charge on any atom is -0.461 e. The van der Waals surface area contributed by atoms with Gasteiger partial charge in [-0.3, -0.25) is 24.1 Å². The van der Waals surface area contributed by atoms with Gasteiger partial charge in [0.05, 0.1) is 17.7 Å². The van der Waals surface area contributed by atoms with Gasteiger partial charge in [0.15, 0.2) is 5.69 Å². The van der Waals surface area contributed by atoms with Crippen molar-refractivity contribution >= 4 is 46.9 Å². The summed E-state index contributed by atoms with van der Waals surface area (Å²) in [4.78, 5) is 77.0. The molecule has 0 unspecified atom stereocenters. The van der Waals surface area contributed by atoms with E-state index in [1.54, 1.807) is 36.2 Å². The van der Waals surface area contributed by atoms with E-state index in [1.165, 1.54) is 0 Å². The van der Waals surface area contributed by atoms with Crippen molar-refractivity contribution < 1.29 is 33.4 Å². The van der Waals surface area contributed by atoms with Crippen LogP contribution in [-0.2, 0) is 45.1 Å². The minimum absolute atomic E-state index is 0.0135. The Morgan fingerprint density at radius 3 is 2.00 bits per heavy atom. The van der Waals surface area contributed by atoms with Crippen molar-refractivity contribution in [3.05, 3.63) is 154 Å². The molecule has 1 aromatic heterocycles. The zero-order chi connectivity index (χ0) is 50.0. The van der Waals surface area contributed by atoms with Crippen molar-refractivity contribution in [1.82, 2.24) is 14.8 Å². The zero-order valence-corrected chi connectivity index (χ0v) is 41.8. The van der Waals surface area contributed by atoms with Crippen LogP contribution in [0, 0.1) is 0 Å². The molecule has 2 N–H and O–H groups in total. The number of carbonyl (C=O) groups is 5. The molecule has 3 amide bonds. The van der Waals surface area contributed by atoms with Crippen LogP contribution < -0.4 is 15.5 Å². The van der Waals surface area contributed by atoms with Crippen molar-refractivity contribution in [3.8, 4) is 0 Å². The molecule has 6 rings (SSSR count). The lowest BCUT2D eigenvalue weighted by Crippen LogP contribution is -2.41. The van der Waals surface area contributed by atoms with Gasteiger partial charge in [-0.2, -0.15) is 0 Å². The van der Waals surface area contributed by atoms with Crippen molar-refractivity contribution in [3.63, 3.8) is 0 Å². The van der Waals surface area contributed by atoms with E-state index >= 15 is 0 Å². The first kappa shape index (κ1) is 52.5. The second-order valence-electron chi connectivity index (χ2n) is 19.0. The Hall–Kier alpha value is -6.86. The maximum atomic E-state index is 14.1. The van der Waals surface area contributed by atoms with E-state index in [0.717, 1.165) is 80.3 Å². The molecule has 13 heteroatoms. The number of amides is 3. The molecule has 1 aliphatic heterocycles. The SMILES string of the molecule is CCC(CC)N(CCN(C)C(=O)CCC(=O)OCc1ccccc1)Cc1cccc(C(=O)Nc2ccc(N3CCCCC3)nc2C(=O)Nc2ccc(CCc3ccc(C(=O)OC(C)(C)C)cc3)cc2)c1. The Labute approximate surface area is 414 Å². The van der Waals surface area contributed by atoms with Gasteiger partial charge in [0.2, 0.25) is 5.91 Å². The average molecular weight is 951 g/mol. The summed E-state index contributed by atoms with van der Waals surface area (Å²) < 4.78 is 10.9. The number of ether oxygens (including phenoxy) is 2. The van der Waals surface area contributed by atoms with Gasteiger partial charge >= 0.3 is 11.9 Å². The summed E-state index contributed by atoms with van der Waals surface area (Å²) in [5.41, 5.74) is 5.44. The second-order valence-corrected chi connectivity index (χ2v) is 19.0. The Balaban J connectivity index is 1.07. The molecule has 70 heavy (non-hydrogen) atoms. The fourth-order valence-electron chi connectivity index (χ4n) is 8.45. The lowest BCUT2D eigenvalue weighted by Gasteiger charge is -2.32. The monoisotopic (exact) mass is 951 g/mol. The number of aryl methyl sites for hydroxylation is 2. The zero-order valence-electron chi connectivity index (χ0n) is 41.8. The van der Waals surface area contributed by atoms with Crippen LogP contribution in [0.25, 0.3) is 0 Å². The number of nitrogens with one attached hydrogen (secondary N) is 2. The molecule has 2 heterocycles. The molecule has 0 spiro atoms. The number of hydrogen-bond acceptors (Lipinski definition) is 10. The first-order valence-corrected chi connectivity index (χ1v) is 24.7. The summed E-state index contributed by atoms with van der Waals surface area (Å²) in [6, 6.07) is 36.0. The van der Waals surface area contributed by atoms with Gasteiger partial charge in [0.25, 0.3) is 11.8 Å². The molecule has 0 radical (unpaired) electrons. The Morgan fingerprint density at radius 2 is 1.34 bits per heavy atom. The van der Waals surface area contributed by atoms with Crippen molar-refractivity contribution in [1.29, 1.82) is 0 Å². The Morgan fingerprint density at radius 1 is 0.686 bits per heavy atom. The summed E-state index contributed by atoms with van der Waals surface area (Å²) in [5.74, 6) is -0.992.